The van der Waals surface area contributed by atoms with E-state index < -0.39 is 0 Å². The number of aryl methyl sites for hydroxylation is 1. The van der Waals surface area contributed by atoms with E-state index in [9.17, 15) is 0 Å². The Hall–Kier alpha value is -1.81. The van der Waals surface area contributed by atoms with Gasteiger partial charge in [-0.25, -0.2) is 9.97 Å². The topological polar surface area (TPSA) is 38.2 Å². The van der Waals surface area contributed by atoms with Crippen molar-refractivity contribution in [3.8, 4) is 5.75 Å². The van der Waals surface area contributed by atoms with Gasteiger partial charge in [-0.2, -0.15) is 0 Å². The van der Waals surface area contributed by atoms with Crippen molar-refractivity contribution in [2.45, 2.75) is 6.92 Å². The molecule has 0 atom stereocenters. The predicted molar refractivity (Wildman–Crippen MR) is 72.8 cm³/mol. The Morgan fingerprint density at radius 1 is 1.17 bits per heavy atom. The summed E-state index contributed by atoms with van der Waals surface area (Å²) in [6.07, 6.45) is 0. The minimum absolute atomic E-state index is 0.442. The number of anilines is 2. The minimum Gasteiger partial charge on any atom is -0.497 e. The first-order valence-electron chi connectivity index (χ1n) is 5.49. The third kappa shape index (κ3) is 2.71. The molecule has 18 heavy (non-hydrogen) atoms. The van der Waals surface area contributed by atoms with Crippen molar-refractivity contribution in [1.29, 1.82) is 0 Å². The van der Waals surface area contributed by atoms with Crippen molar-refractivity contribution in [2.24, 2.45) is 0 Å². The molecule has 2 aromatic rings. The summed E-state index contributed by atoms with van der Waals surface area (Å²) in [5, 5.41) is 0.442. The number of nitrogens with zero attached hydrogens (tertiary/aromatic N) is 3. The van der Waals surface area contributed by atoms with Crippen LogP contribution in [0.5, 0.6) is 5.75 Å². The molecule has 0 aliphatic carbocycles. The molecule has 94 valence electrons. The van der Waals surface area contributed by atoms with Crippen LogP contribution in [0.25, 0.3) is 0 Å². The molecular weight excluding hydrogens is 250 g/mol. The number of halogens is 1. The Kier molecular flexibility index (Phi) is 3.67. The highest BCUT2D eigenvalue weighted by atomic mass is 35.5. The van der Waals surface area contributed by atoms with Crippen molar-refractivity contribution in [3.63, 3.8) is 0 Å². The molecule has 2 rings (SSSR count). The third-order valence-corrected chi connectivity index (χ3v) is 2.79. The average molecular weight is 264 g/mol. The molecule has 5 heteroatoms. The summed E-state index contributed by atoms with van der Waals surface area (Å²) in [6, 6.07) is 9.47. The number of methoxy groups -OCH3 is 1. The van der Waals surface area contributed by atoms with Crippen molar-refractivity contribution in [2.75, 3.05) is 19.1 Å². The molecule has 0 spiro atoms. The average Bonchev–Trinajstić information content (AvgIpc) is 2.37. The van der Waals surface area contributed by atoms with Crippen molar-refractivity contribution >= 4 is 23.1 Å². The van der Waals surface area contributed by atoms with Crippen LogP contribution in [0, 0.1) is 6.92 Å². The second-order valence-corrected chi connectivity index (χ2v) is 4.24. The summed E-state index contributed by atoms with van der Waals surface area (Å²) in [5.74, 6) is 2.24. The Bertz CT molecular complexity index is 522. The molecule has 0 amide bonds. The molecule has 0 saturated carbocycles. The lowest BCUT2D eigenvalue weighted by Gasteiger charge is -2.18. The zero-order chi connectivity index (χ0) is 13.1. The van der Waals surface area contributed by atoms with Gasteiger partial charge < -0.3 is 9.64 Å². The molecule has 0 radical (unpaired) electrons. The first-order chi connectivity index (χ1) is 8.60. The lowest BCUT2D eigenvalue weighted by Crippen LogP contribution is -2.12. The molecular formula is C13H14ClN3O. The summed E-state index contributed by atoms with van der Waals surface area (Å²) < 4.78 is 5.13. The number of benzene rings is 1. The lowest BCUT2D eigenvalue weighted by atomic mass is 10.3. The predicted octanol–water partition coefficient (Wildman–Crippen LogP) is 3.21. The maximum atomic E-state index is 5.93. The second kappa shape index (κ2) is 5.23. The van der Waals surface area contributed by atoms with Gasteiger partial charge in [-0.05, 0) is 31.2 Å². The standard InChI is InChI=1S/C13H14ClN3O/c1-9-15-12(14)8-13(16-9)17(2)10-4-6-11(18-3)7-5-10/h4-8H,1-3H3. The summed E-state index contributed by atoms with van der Waals surface area (Å²) >= 11 is 5.93. The van der Waals surface area contributed by atoms with Crippen LogP contribution in [0.15, 0.2) is 30.3 Å². The number of hydrogen-bond donors (Lipinski definition) is 0. The van der Waals surface area contributed by atoms with Gasteiger partial charge in [0.15, 0.2) is 0 Å². The van der Waals surface area contributed by atoms with Gasteiger partial charge in [-0.3, -0.25) is 0 Å². The van der Waals surface area contributed by atoms with Crippen LogP contribution >= 0.6 is 11.6 Å². The van der Waals surface area contributed by atoms with Crippen LogP contribution in [-0.2, 0) is 0 Å². The van der Waals surface area contributed by atoms with Crippen LogP contribution in [-0.4, -0.2) is 24.1 Å². The summed E-state index contributed by atoms with van der Waals surface area (Å²) in [5.41, 5.74) is 1.00. The zero-order valence-corrected chi connectivity index (χ0v) is 11.3. The Labute approximate surface area is 111 Å². The molecule has 0 aliphatic heterocycles. The van der Waals surface area contributed by atoms with Gasteiger partial charge in [-0.15, -0.1) is 0 Å². The van der Waals surface area contributed by atoms with Gasteiger partial charge in [0.2, 0.25) is 0 Å². The van der Waals surface area contributed by atoms with E-state index in [4.69, 9.17) is 16.3 Å². The van der Waals surface area contributed by atoms with Gasteiger partial charge in [0, 0.05) is 18.8 Å². The van der Waals surface area contributed by atoms with Crippen LogP contribution < -0.4 is 9.64 Å². The quantitative estimate of drug-likeness (QED) is 0.797. The maximum Gasteiger partial charge on any atom is 0.137 e. The van der Waals surface area contributed by atoms with E-state index in [1.165, 1.54) is 0 Å². The molecule has 4 nitrogen and oxygen atoms in total. The SMILES string of the molecule is COc1ccc(N(C)c2cc(Cl)nc(C)n2)cc1. The van der Waals surface area contributed by atoms with Crippen LogP contribution in [0.4, 0.5) is 11.5 Å². The van der Waals surface area contributed by atoms with Gasteiger partial charge in [-0.1, -0.05) is 11.6 Å². The molecule has 0 saturated heterocycles. The van der Waals surface area contributed by atoms with E-state index >= 15 is 0 Å². The normalized spacial score (nSPS) is 10.2. The van der Waals surface area contributed by atoms with Gasteiger partial charge in [0.1, 0.15) is 22.5 Å². The van der Waals surface area contributed by atoms with E-state index in [0.29, 0.717) is 11.0 Å². The largest absolute Gasteiger partial charge is 0.497 e. The molecule has 0 fully saturated rings. The first-order valence-corrected chi connectivity index (χ1v) is 5.87. The van der Waals surface area contributed by atoms with E-state index in [0.717, 1.165) is 17.3 Å². The van der Waals surface area contributed by atoms with E-state index in [1.807, 2.05) is 43.1 Å². The molecule has 1 aromatic heterocycles. The van der Waals surface area contributed by atoms with Gasteiger partial charge >= 0.3 is 0 Å². The molecule has 1 heterocycles. The third-order valence-electron chi connectivity index (χ3n) is 2.60. The molecule has 1 aromatic carbocycles. The van der Waals surface area contributed by atoms with Crippen LogP contribution in [0.3, 0.4) is 0 Å². The molecule has 0 unspecified atom stereocenters. The summed E-state index contributed by atoms with van der Waals surface area (Å²) in [7, 11) is 3.58. The number of rotatable bonds is 3. The fourth-order valence-electron chi connectivity index (χ4n) is 1.63. The lowest BCUT2D eigenvalue weighted by molar-refractivity contribution is 0.415. The monoisotopic (exact) mass is 263 g/mol. The van der Waals surface area contributed by atoms with Crippen LogP contribution in [0.2, 0.25) is 5.15 Å². The Balaban J connectivity index is 2.31. The van der Waals surface area contributed by atoms with E-state index in [1.54, 1.807) is 13.2 Å². The molecule has 0 aliphatic rings. The minimum atomic E-state index is 0.442. The first kappa shape index (κ1) is 12.6. The van der Waals surface area contributed by atoms with Gasteiger partial charge in [0.25, 0.3) is 0 Å². The number of ether oxygens (including phenoxy) is 1. The van der Waals surface area contributed by atoms with Gasteiger partial charge in [0.05, 0.1) is 7.11 Å². The highest BCUT2D eigenvalue weighted by molar-refractivity contribution is 6.29. The molecule has 0 N–H and O–H groups in total. The van der Waals surface area contributed by atoms with Crippen molar-refractivity contribution < 1.29 is 4.74 Å². The maximum absolute atomic E-state index is 5.93. The second-order valence-electron chi connectivity index (χ2n) is 3.85. The zero-order valence-electron chi connectivity index (χ0n) is 10.5. The fourth-order valence-corrected chi connectivity index (χ4v) is 1.85. The summed E-state index contributed by atoms with van der Waals surface area (Å²) in [6.45, 7) is 1.82. The number of aromatic nitrogens is 2. The molecule has 0 bridgehead atoms. The highest BCUT2D eigenvalue weighted by Gasteiger charge is 2.07. The smallest absolute Gasteiger partial charge is 0.137 e. The van der Waals surface area contributed by atoms with E-state index in [2.05, 4.69) is 9.97 Å². The highest BCUT2D eigenvalue weighted by Crippen LogP contribution is 2.25. The number of hydrogen-bond acceptors (Lipinski definition) is 4. The Morgan fingerprint density at radius 2 is 1.83 bits per heavy atom. The fraction of sp³-hybridized carbons (Fsp3) is 0.231. The van der Waals surface area contributed by atoms with Crippen molar-refractivity contribution in [1.82, 2.24) is 9.97 Å². The Morgan fingerprint density at radius 3 is 2.39 bits per heavy atom. The van der Waals surface area contributed by atoms with E-state index in [-0.39, 0.29) is 0 Å². The van der Waals surface area contributed by atoms with Crippen LogP contribution in [0.1, 0.15) is 5.82 Å². The summed E-state index contributed by atoms with van der Waals surface area (Å²) in [4.78, 5) is 10.3. The van der Waals surface area contributed by atoms with Crippen molar-refractivity contribution in [3.05, 3.63) is 41.3 Å².